The summed E-state index contributed by atoms with van der Waals surface area (Å²) in [5.74, 6) is 0.0317. The van der Waals surface area contributed by atoms with Crippen LogP contribution in [0.25, 0.3) is 0 Å². The van der Waals surface area contributed by atoms with Gasteiger partial charge in [-0.1, -0.05) is 39.3 Å². The van der Waals surface area contributed by atoms with Gasteiger partial charge in [0.05, 0.1) is 6.10 Å². The predicted octanol–water partition coefficient (Wildman–Crippen LogP) is 3.13. The van der Waals surface area contributed by atoms with Gasteiger partial charge in [-0.25, -0.2) is 0 Å². The van der Waals surface area contributed by atoms with Crippen molar-refractivity contribution in [1.29, 1.82) is 0 Å². The third-order valence-electron chi connectivity index (χ3n) is 3.11. The number of aliphatic hydroxyl groups excluding tert-OH is 1. The summed E-state index contributed by atoms with van der Waals surface area (Å²) in [6.07, 6.45) is 2.35. The van der Waals surface area contributed by atoms with E-state index < -0.39 is 6.10 Å². The van der Waals surface area contributed by atoms with Gasteiger partial charge < -0.3 is 15.9 Å². The second kappa shape index (κ2) is 10.3. The molecule has 114 valence electrons. The highest BCUT2D eigenvalue weighted by Gasteiger charge is 2.15. The van der Waals surface area contributed by atoms with E-state index in [1.807, 2.05) is 20.8 Å². The molecule has 0 spiro atoms. The maximum absolute atomic E-state index is 10.6. The Morgan fingerprint density at radius 1 is 1.20 bits per heavy atom. The van der Waals surface area contributed by atoms with Crippen LogP contribution in [0.1, 0.15) is 58.1 Å². The Bertz CT molecular complexity index is 376. The van der Waals surface area contributed by atoms with Crippen molar-refractivity contribution in [3.63, 3.8) is 0 Å². The van der Waals surface area contributed by atoms with Crippen LogP contribution in [0.3, 0.4) is 0 Å². The van der Waals surface area contributed by atoms with Crippen molar-refractivity contribution in [2.75, 3.05) is 0 Å². The Balaban J connectivity index is 0.00000172. The maximum atomic E-state index is 10.6. The molecule has 0 aliphatic carbocycles. The van der Waals surface area contributed by atoms with Crippen LogP contribution < -0.4 is 5.73 Å². The Morgan fingerprint density at radius 3 is 2.25 bits per heavy atom. The lowest BCUT2D eigenvalue weighted by Crippen LogP contribution is -2.11. The van der Waals surface area contributed by atoms with Crippen LogP contribution in [-0.4, -0.2) is 16.1 Å². The topological polar surface area (TPSA) is 83.6 Å². The molecule has 20 heavy (non-hydrogen) atoms. The summed E-state index contributed by atoms with van der Waals surface area (Å²) in [7, 11) is 0. The van der Waals surface area contributed by atoms with Gasteiger partial charge in [0.2, 0.25) is 5.91 Å². The molecule has 4 N–H and O–H groups in total. The van der Waals surface area contributed by atoms with Gasteiger partial charge in [0.15, 0.2) is 0 Å². The van der Waals surface area contributed by atoms with Crippen LogP contribution in [0, 0.1) is 5.92 Å². The van der Waals surface area contributed by atoms with Gasteiger partial charge in [-0.3, -0.25) is 4.79 Å². The average Bonchev–Trinajstić information content (AvgIpc) is 2.45. The number of phenolic OH excluding ortho intramolecular Hbond substituents is 1. The van der Waals surface area contributed by atoms with Crippen LogP contribution in [0.2, 0.25) is 0 Å². The summed E-state index contributed by atoms with van der Waals surface area (Å²) in [6.45, 7) is 5.97. The van der Waals surface area contributed by atoms with E-state index in [4.69, 9.17) is 5.73 Å². The molecule has 2 atom stereocenters. The Labute approximate surface area is 121 Å². The minimum Gasteiger partial charge on any atom is -0.508 e. The van der Waals surface area contributed by atoms with Crippen molar-refractivity contribution >= 4 is 5.91 Å². The third-order valence-corrected chi connectivity index (χ3v) is 3.11. The van der Waals surface area contributed by atoms with Crippen LogP contribution in [-0.2, 0) is 4.79 Å². The van der Waals surface area contributed by atoms with Crippen molar-refractivity contribution in [2.45, 2.75) is 52.6 Å². The molecule has 0 saturated heterocycles. The second-order valence-electron chi connectivity index (χ2n) is 4.73. The first kappa shape index (κ1) is 18.4. The van der Waals surface area contributed by atoms with Crippen LogP contribution >= 0.6 is 0 Å². The van der Waals surface area contributed by atoms with Gasteiger partial charge in [-0.2, -0.15) is 0 Å². The van der Waals surface area contributed by atoms with Gasteiger partial charge in [0.1, 0.15) is 5.75 Å². The molecular weight excluding hydrogens is 254 g/mol. The Kier molecular flexibility index (Phi) is 9.47. The lowest BCUT2D eigenvalue weighted by Gasteiger charge is -2.19. The molecule has 0 radical (unpaired) electrons. The number of nitrogens with two attached hydrogens (primary N) is 1. The van der Waals surface area contributed by atoms with E-state index in [2.05, 4.69) is 0 Å². The van der Waals surface area contributed by atoms with E-state index in [1.54, 1.807) is 24.3 Å². The van der Waals surface area contributed by atoms with Crippen LogP contribution in [0.5, 0.6) is 5.75 Å². The molecule has 0 aliphatic heterocycles. The number of primary amides is 1. The van der Waals surface area contributed by atoms with Gasteiger partial charge in [-0.05, 0) is 36.5 Å². The lowest BCUT2D eigenvalue weighted by atomic mass is 9.92. The van der Waals surface area contributed by atoms with E-state index in [9.17, 15) is 15.0 Å². The fraction of sp³-hybridized carbons (Fsp3) is 0.562. The van der Waals surface area contributed by atoms with E-state index in [0.717, 1.165) is 24.8 Å². The summed E-state index contributed by atoms with van der Waals surface area (Å²) < 4.78 is 0. The quantitative estimate of drug-likeness (QED) is 0.671. The Hall–Kier alpha value is -1.55. The normalized spacial score (nSPS) is 13.0. The number of rotatable bonds is 7. The fourth-order valence-corrected chi connectivity index (χ4v) is 1.92. The summed E-state index contributed by atoms with van der Waals surface area (Å²) in [5, 5.41) is 19.3. The zero-order valence-electron chi connectivity index (χ0n) is 12.7. The Morgan fingerprint density at radius 2 is 1.75 bits per heavy atom. The molecule has 0 aliphatic rings. The number of aromatic hydroxyl groups is 1. The maximum Gasteiger partial charge on any atom is 0.217 e. The third kappa shape index (κ3) is 7.14. The van der Waals surface area contributed by atoms with Crippen molar-refractivity contribution in [3.05, 3.63) is 29.8 Å². The van der Waals surface area contributed by atoms with Crippen molar-refractivity contribution in [1.82, 2.24) is 0 Å². The van der Waals surface area contributed by atoms with Gasteiger partial charge in [-0.15, -0.1) is 0 Å². The summed E-state index contributed by atoms with van der Waals surface area (Å²) in [5.41, 5.74) is 5.86. The minimum atomic E-state index is -0.542. The SMILES string of the molecule is CC.CC(CCCCC(N)=O)C(O)c1ccc(O)cc1. The number of benzene rings is 1. The van der Waals surface area contributed by atoms with Crippen LogP contribution in [0.4, 0.5) is 0 Å². The molecule has 1 rings (SSSR count). The standard InChI is InChI=1S/C14H21NO3.C2H6/c1-10(4-2-3-5-13(15)17)14(18)11-6-8-12(16)9-7-11;1-2/h6-10,14,16,18H,2-5H2,1H3,(H2,15,17);1-2H3. The predicted molar refractivity (Wildman–Crippen MR) is 81.2 cm³/mol. The lowest BCUT2D eigenvalue weighted by molar-refractivity contribution is -0.118. The smallest absolute Gasteiger partial charge is 0.217 e. The highest BCUT2D eigenvalue weighted by Crippen LogP contribution is 2.27. The summed E-state index contributed by atoms with van der Waals surface area (Å²) in [4.78, 5) is 10.6. The first-order valence-corrected chi connectivity index (χ1v) is 7.26. The zero-order chi connectivity index (χ0) is 15.5. The second-order valence-corrected chi connectivity index (χ2v) is 4.73. The number of aliphatic hydroxyl groups is 1. The molecule has 0 heterocycles. The molecule has 4 heteroatoms. The van der Waals surface area contributed by atoms with Gasteiger partial charge in [0.25, 0.3) is 0 Å². The summed E-state index contributed by atoms with van der Waals surface area (Å²) in [6, 6.07) is 6.58. The van der Waals surface area contributed by atoms with Crippen molar-refractivity contribution in [2.24, 2.45) is 11.7 Å². The number of hydrogen-bond donors (Lipinski definition) is 3. The average molecular weight is 281 g/mol. The molecule has 0 saturated carbocycles. The first-order chi connectivity index (χ1) is 9.50. The van der Waals surface area contributed by atoms with Crippen molar-refractivity contribution in [3.8, 4) is 5.75 Å². The molecule has 1 aromatic rings. The fourth-order valence-electron chi connectivity index (χ4n) is 1.92. The van der Waals surface area contributed by atoms with E-state index in [0.29, 0.717) is 6.42 Å². The number of hydrogen-bond acceptors (Lipinski definition) is 3. The largest absolute Gasteiger partial charge is 0.508 e. The first-order valence-electron chi connectivity index (χ1n) is 7.26. The number of carbonyl (C=O) groups excluding carboxylic acids is 1. The molecule has 1 amide bonds. The van der Waals surface area contributed by atoms with E-state index >= 15 is 0 Å². The number of unbranched alkanes of at least 4 members (excludes halogenated alkanes) is 1. The minimum absolute atomic E-state index is 0.113. The van der Waals surface area contributed by atoms with E-state index in [-0.39, 0.29) is 17.6 Å². The van der Waals surface area contributed by atoms with Gasteiger partial charge in [0, 0.05) is 6.42 Å². The number of phenols is 1. The van der Waals surface area contributed by atoms with Crippen LogP contribution in [0.15, 0.2) is 24.3 Å². The van der Waals surface area contributed by atoms with E-state index in [1.165, 1.54) is 0 Å². The molecule has 0 bridgehead atoms. The highest BCUT2D eigenvalue weighted by molar-refractivity contribution is 5.73. The number of amides is 1. The number of carbonyl (C=O) groups is 1. The molecule has 4 nitrogen and oxygen atoms in total. The monoisotopic (exact) mass is 281 g/mol. The molecule has 0 aromatic heterocycles. The zero-order valence-corrected chi connectivity index (χ0v) is 12.7. The van der Waals surface area contributed by atoms with Crippen molar-refractivity contribution < 1.29 is 15.0 Å². The molecule has 2 unspecified atom stereocenters. The molecule has 1 aromatic carbocycles. The van der Waals surface area contributed by atoms with Gasteiger partial charge >= 0.3 is 0 Å². The highest BCUT2D eigenvalue weighted by atomic mass is 16.3. The molecule has 0 fully saturated rings. The molecular formula is C16H27NO3. The summed E-state index contributed by atoms with van der Waals surface area (Å²) >= 11 is 0.